The standard InChI is InChI=1S/C13H18BrNO/c1-9(2)12(14)13(16)15-8-11-6-4-5-10(3)7-11/h4-7,9,12H,8H2,1-3H3,(H,15,16). The van der Waals surface area contributed by atoms with E-state index in [-0.39, 0.29) is 10.7 Å². The number of nitrogens with one attached hydrogen (secondary N) is 1. The Morgan fingerprint density at radius 3 is 2.69 bits per heavy atom. The van der Waals surface area contributed by atoms with Crippen molar-refractivity contribution in [1.82, 2.24) is 5.32 Å². The first-order valence-corrected chi connectivity index (χ1v) is 6.39. The van der Waals surface area contributed by atoms with Crippen LogP contribution in [0.15, 0.2) is 24.3 Å². The molecule has 88 valence electrons. The van der Waals surface area contributed by atoms with E-state index in [1.165, 1.54) is 5.56 Å². The van der Waals surface area contributed by atoms with Crippen molar-refractivity contribution >= 4 is 21.8 Å². The van der Waals surface area contributed by atoms with Gasteiger partial charge < -0.3 is 5.32 Å². The maximum atomic E-state index is 11.7. The molecule has 1 unspecified atom stereocenters. The van der Waals surface area contributed by atoms with Crippen LogP contribution in [-0.4, -0.2) is 10.7 Å². The molecular formula is C13H18BrNO. The number of carbonyl (C=O) groups is 1. The van der Waals surface area contributed by atoms with Crippen molar-refractivity contribution in [2.45, 2.75) is 32.1 Å². The lowest BCUT2D eigenvalue weighted by Crippen LogP contribution is -2.33. The lowest BCUT2D eigenvalue weighted by molar-refractivity contribution is -0.121. The van der Waals surface area contributed by atoms with Gasteiger partial charge in [-0.3, -0.25) is 4.79 Å². The van der Waals surface area contributed by atoms with Crippen LogP contribution in [0.1, 0.15) is 25.0 Å². The van der Waals surface area contributed by atoms with Crippen LogP contribution in [0.5, 0.6) is 0 Å². The van der Waals surface area contributed by atoms with Gasteiger partial charge in [0, 0.05) is 6.54 Å². The first-order chi connectivity index (χ1) is 7.50. The van der Waals surface area contributed by atoms with Gasteiger partial charge in [0.25, 0.3) is 0 Å². The van der Waals surface area contributed by atoms with Crippen molar-refractivity contribution in [2.24, 2.45) is 5.92 Å². The van der Waals surface area contributed by atoms with E-state index >= 15 is 0 Å². The van der Waals surface area contributed by atoms with Crippen LogP contribution >= 0.6 is 15.9 Å². The third-order valence-corrected chi connectivity index (χ3v) is 3.86. The fourth-order valence-corrected chi connectivity index (χ4v) is 1.57. The van der Waals surface area contributed by atoms with E-state index < -0.39 is 0 Å². The lowest BCUT2D eigenvalue weighted by atomic mass is 10.1. The van der Waals surface area contributed by atoms with E-state index in [0.717, 1.165) is 5.56 Å². The molecule has 0 radical (unpaired) electrons. The van der Waals surface area contributed by atoms with E-state index in [9.17, 15) is 4.79 Å². The summed E-state index contributed by atoms with van der Waals surface area (Å²) in [5.41, 5.74) is 2.35. The minimum atomic E-state index is -0.114. The molecule has 1 amide bonds. The Labute approximate surface area is 106 Å². The second kappa shape index (κ2) is 6.04. The average molecular weight is 284 g/mol. The Bertz CT molecular complexity index is 363. The van der Waals surface area contributed by atoms with Crippen LogP contribution < -0.4 is 5.32 Å². The second-order valence-electron chi connectivity index (χ2n) is 4.35. The summed E-state index contributed by atoms with van der Waals surface area (Å²) in [7, 11) is 0. The molecule has 0 saturated carbocycles. The summed E-state index contributed by atoms with van der Waals surface area (Å²) < 4.78 is 0. The average Bonchev–Trinajstić information content (AvgIpc) is 2.24. The van der Waals surface area contributed by atoms with Gasteiger partial charge >= 0.3 is 0 Å². The maximum absolute atomic E-state index is 11.7. The number of hydrogen-bond acceptors (Lipinski definition) is 1. The van der Waals surface area contributed by atoms with Crippen molar-refractivity contribution in [3.05, 3.63) is 35.4 Å². The van der Waals surface area contributed by atoms with Crippen LogP contribution in [0.4, 0.5) is 0 Å². The molecule has 0 saturated heterocycles. The molecule has 0 aliphatic rings. The molecule has 1 N–H and O–H groups in total. The molecule has 0 spiro atoms. The second-order valence-corrected chi connectivity index (χ2v) is 5.34. The minimum absolute atomic E-state index is 0.0523. The molecule has 0 aliphatic heterocycles. The first-order valence-electron chi connectivity index (χ1n) is 5.48. The smallest absolute Gasteiger partial charge is 0.234 e. The van der Waals surface area contributed by atoms with Crippen molar-refractivity contribution in [2.75, 3.05) is 0 Å². The SMILES string of the molecule is Cc1cccc(CNC(=O)C(Br)C(C)C)c1. The monoisotopic (exact) mass is 283 g/mol. The van der Waals surface area contributed by atoms with Crippen LogP contribution in [0.3, 0.4) is 0 Å². The molecule has 0 bridgehead atoms. The normalized spacial score (nSPS) is 12.6. The van der Waals surface area contributed by atoms with E-state index in [1.54, 1.807) is 0 Å². The number of alkyl halides is 1. The predicted octanol–water partition coefficient (Wildman–Crippen LogP) is 3.03. The fraction of sp³-hybridized carbons (Fsp3) is 0.462. The highest BCUT2D eigenvalue weighted by molar-refractivity contribution is 9.10. The predicted molar refractivity (Wildman–Crippen MR) is 70.6 cm³/mol. The minimum Gasteiger partial charge on any atom is -0.351 e. The summed E-state index contributed by atoms with van der Waals surface area (Å²) in [4.78, 5) is 11.6. The quantitative estimate of drug-likeness (QED) is 0.846. The van der Waals surface area contributed by atoms with Crippen LogP contribution in [0, 0.1) is 12.8 Å². The molecule has 3 heteroatoms. The molecule has 1 aromatic rings. The molecule has 1 rings (SSSR count). The number of aryl methyl sites for hydroxylation is 1. The van der Waals surface area contributed by atoms with Gasteiger partial charge in [-0.25, -0.2) is 0 Å². The zero-order chi connectivity index (χ0) is 12.1. The number of benzene rings is 1. The van der Waals surface area contributed by atoms with Gasteiger partial charge in [-0.15, -0.1) is 0 Å². The van der Waals surface area contributed by atoms with Gasteiger partial charge in [-0.05, 0) is 18.4 Å². The summed E-state index contributed by atoms with van der Waals surface area (Å²) >= 11 is 3.38. The Hall–Kier alpha value is -0.830. The molecule has 2 nitrogen and oxygen atoms in total. The van der Waals surface area contributed by atoms with Crippen LogP contribution in [0.2, 0.25) is 0 Å². The molecular weight excluding hydrogens is 266 g/mol. The fourth-order valence-electron chi connectivity index (χ4n) is 1.41. The van der Waals surface area contributed by atoms with E-state index in [2.05, 4.69) is 27.3 Å². The molecule has 0 aliphatic carbocycles. The number of carbonyl (C=O) groups excluding carboxylic acids is 1. The zero-order valence-corrected chi connectivity index (χ0v) is 11.5. The Morgan fingerprint density at radius 1 is 1.44 bits per heavy atom. The highest BCUT2D eigenvalue weighted by Crippen LogP contribution is 2.12. The molecule has 0 aromatic heterocycles. The van der Waals surface area contributed by atoms with E-state index in [1.807, 2.05) is 39.0 Å². The maximum Gasteiger partial charge on any atom is 0.234 e. The third-order valence-electron chi connectivity index (χ3n) is 2.39. The Kier molecular flexibility index (Phi) is 5.00. The molecule has 1 atom stereocenters. The lowest BCUT2D eigenvalue weighted by Gasteiger charge is -2.13. The topological polar surface area (TPSA) is 29.1 Å². The van der Waals surface area contributed by atoms with Crippen molar-refractivity contribution in [1.29, 1.82) is 0 Å². The molecule has 0 fully saturated rings. The number of rotatable bonds is 4. The number of halogens is 1. The van der Waals surface area contributed by atoms with Gasteiger partial charge in [-0.2, -0.15) is 0 Å². The highest BCUT2D eigenvalue weighted by Gasteiger charge is 2.17. The third kappa shape index (κ3) is 3.97. The largest absolute Gasteiger partial charge is 0.351 e. The van der Waals surface area contributed by atoms with E-state index in [4.69, 9.17) is 0 Å². The molecule has 0 heterocycles. The highest BCUT2D eigenvalue weighted by atomic mass is 79.9. The summed E-state index contributed by atoms with van der Waals surface area (Å²) in [5.74, 6) is 0.356. The van der Waals surface area contributed by atoms with Crippen molar-refractivity contribution < 1.29 is 4.79 Å². The van der Waals surface area contributed by atoms with Gasteiger partial charge in [0.05, 0.1) is 4.83 Å². The van der Waals surface area contributed by atoms with Crippen molar-refractivity contribution in [3.63, 3.8) is 0 Å². The van der Waals surface area contributed by atoms with Crippen LogP contribution in [-0.2, 0) is 11.3 Å². The number of amides is 1. The Morgan fingerprint density at radius 2 is 2.12 bits per heavy atom. The zero-order valence-electron chi connectivity index (χ0n) is 9.96. The van der Waals surface area contributed by atoms with Gasteiger partial charge in [0.15, 0.2) is 0 Å². The summed E-state index contributed by atoms with van der Waals surface area (Å²) in [5, 5.41) is 2.92. The summed E-state index contributed by atoms with van der Waals surface area (Å²) in [6, 6.07) is 8.16. The number of hydrogen-bond donors (Lipinski definition) is 1. The van der Waals surface area contributed by atoms with E-state index in [0.29, 0.717) is 12.5 Å². The van der Waals surface area contributed by atoms with Crippen molar-refractivity contribution in [3.8, 4) is 0 Å². The Balaban J connectivity index is 2.49. The van der Waals surface area contributed by atoms with Gasteiger partial charge in [0.2, 0.25) is 5.91 Å². The van der Waals surface area contributed by atoms with Gasteiger partial charge in [0.1, 0.15) is 0 Å². The summed E-state index contributed by atoms with van der Waals surface area (Å²) in [6.45, 7) is 6.68. The van der Waals surface area contributed by atoms with Crippen LogP contribution in [0.25, 0.3) is 0 Å². The molecule has 1 aromatic carbocycles. The van der Waals surface area contributed by atoms with Gasteiger partial charge in [-0.1, -0.05) is 59.6 Å². The first kappa shape index (κ1) is 13.2. The molecule has 16 heavy (non-hydrogen) atoms. The summed E-state index contributed by atoms with van der Waals surface area (Å²) in [6.07, 6.45) is 0.